The topological polar surface area (TPSA) is 0 Å². The average Bonchev–Trinajstić information content (AvgIpc) is 2.78. The minimum Gasteiger partial charge on any atom is -0.224 e. The van der Waals surface area contributed by atoms with Crippen molar-refractivity contribution in [1.29, 1.82) is 0 Å². The van der Waals surface area contributed by atoms with Gasteiger partial charge in [0.05, 0.1) is 0 Å². The molecule has 2 atom stereocenters. The van der Waals surface area contributed by atoms with E-state index in [0.717, 1.165) is 6.08 Å². The quantitative estimate of drug-likeness (QED) is 0.567. The molecule has 3 aliphatic carbocycles. The third kappa shape index (κ3) is 0.593. The van der Waals surface area contributed by atoms with Gasteiger partial charge < -0.3 is 0 Å². The molecule has 6 heteroatoms. The Morgan fingerprint density at radius 2 is 1.50 bits per heavy atom. The van der Waals surface area contributed by atoms with E-state index in [1.54, 1.807) is 0 Å². The lowest BCUT2D eigenvalue weighted by Crippen LogP contribution is -2.48. The normalized spacial score (nSPS) is 43.6. The highest BCUT2D eigenvalue weighted by Crippen LogP contribution is 2.71. The third-order valence-electron chi connectivity index (χ3n) is 3.38. The van der Waals surface area contributed by atoms with Crippen molar-refractivity contribution in [3.05, 3.63) is 35.0 Å². The molecule has 3 rings (SSSR count). The van der Waals surface area contributed by atoms with E-state index in [9.17, 15) is 26.3 Å². The van der Waals surface area contributed by atoms with Gasteiger partial charge >= 0.3 is 5.92 Å². The summed E-state index contributed by atoms with van der Waals surface area (Å²) in [4.78, 5) is 0. The molecule has 0 aliphatic heterocycles. The van der Waals surface area contributed by atoms with E-state index in [1.807, 2.05) is 0 Å². The van der Waals surface area contributed by atoms with Crippen LogP contribution in [0.3, 0.4) is 0 Å². The van der Waals surface area contributed by atoms with Crippen molar-refractivity contribution in [2.24, 2.45) is 0 Å². The summed E-state index contributed by atoms with van der Waals surface area (Å²) in [6.07, 6.45) is 1.76. The Labute approximate surface area is 85.9 Å². The van der Waals surface area contributed by atoms with E-state index >= 15 is 0 Å². The molecule has 0 saturated carbocycles. The highest BCUT2D eigenvalue weighted by atomic mass is 19.3. The highest BCUT2D eigenvalue weighted by molar-refractivity contribution is 5.67. The number of hydrogen-bond donors (Lipinski definition) is 0. The van der Waals surface area contributed by atoms with Crippen LogP contribution >= 0.6 is 0 Å². The first-order valence-electron chi connectivity index (χ1n) is 4.52. The molecule has 0 amide bonds. The maximum Gasteiger partial charge on any atom is 0.335 e. The van der Waals surface area contributed by atoms with E-state index in [-0.39, 0.29) is 6.42 Å². The van der Waals surface area contributed by atoms with Gasteiger partial charge in [-0.25, -0.2) is 17.6 Å². The van der Waals surface area contributed by atoms with Crippen LogP contribution in [0.25, 0.3) is 0 Å². The molecule has 86 valence electrons. The fourth-order valence-electron chi connectivity index (χ4n) is 2.58. The molecule has 0 aromatic carbocycles. The van der Waals surface area contributed by atoms with Gasteiger partial charge in [-0.2, -0.15) is 8.78 Å². The Morgan fingerprint density at radius 1 is 0.938 bits per heavy atom. The van der Waals surface area contributed by atoms with Crippen LogP contribution in [-0.4, -0.2) is 17.3 Å². The molecule has 2 bridgehead atoms. The van der Waals surface area contributed by atoms with Crippen LogP contribution in [0.5, 0.6) is 0 Å². The molecule has 0 spiro atoms. The van der Waals surface area contributed by atoms with Crippen molar-refractivity contribution < 1.29 is 26.3 Å². The summed E-state index contributed by atoms with van der Waals surface area (Å²) in [7, 11) is 0. The Hall–Kier alpha value is -1.20. The van der Waals surface area contributed by atoms with Crippen LogP contribution in [0, 0.1) is 0 Å². The number of alkyl halides is 4. The molecule has 0 fully saturated rings. The SMILES string of the molecule is FC1=C(F)C2(F)C3=C(C=CC3)C1(F)C2(F)F. The number of hydrogen-bond acceptors (Lipinski definition) is 0. The lowest BCUT2D eigenvalue weighted by Gasteiger charge is -2.26. The molecule has 2 unspecified atom stereocenters. The third-order valence-corrected chi connectivity index (χ3v) is 3.38. The van der Waals surface area contributed by atoms with E-state index in [0.29, 0.717) is 0 Å². The van der Waals surface area contributed by atoms with E-state index in [1.165, 1.54) is 6.08 Å². The van der Waals surface area contributed by atoms with Gasteiger partial charge in [0.2, 0.25) is 0 Å². The second-order valence-electron chi connectivity index (χ2n) is 4.02. The van der Waals surface area contributed by atoms with Crippen molar-refractivity contribution in [2.75, 3.05) is 0 Å². The maximum absolute atomic E-state index is 13.9. The first-order chi connectivity index (χ1) is 7.29. The molecule has 0 nitrogen and oxygen atoms in total. The molecule has 0 saturated heterocycles. The molecule has 0 N–H and O–H groups in total. The van der Waals surface area contributed by atoms with Crippen molar-refractivity contribution >= 4 is 0 Å². The molecule has 0 heterocycles. The van der Waals surface area contributed by atoms with Gasteiger partial charge in [0.1, 0.15) is 0 Å². The second-order valence-corrected chi connectivity index (χ2v) is 4.02. The van der Waals surface area contributed by atoms with Crippen LogP contribution in [0.2, 0.25) is 0 Å². The Balaban J connectivity index is 2.38. The van der Waals surface area contributed by atoms with Crippen molar-refractivity contribution in [3.8, 4) is 0 Å². The summed E-state index contributed by atoms with van der Waals surface area (Å²) in [6.45, 7) is 0. The van der Waals surface area contributed by atoms with Crippen LogP contribution in [0.15, 0.2) is 35.0 Å². The average molecular weight is 238 g/mol. The zero-order valence-corrected chi connectivity index (χ0v) is 7.63. The molecule has 0 radical (unpaired) electrons. The Kier molecular flexibility index (Phi) is 1.40. The van der Waals surface area contributed by atoms with Gasteiger partial charge in [-0.05, 0) is 12.0 Å². The molecule has 16 heavy (non-hydrogen) atoms. The summed E-state index contributed by atoms with van der Waals surface area (Å²) < 4.78 is 81.0. The second kappa shape index (κ2) is 2.24. The maximum atomic E-state index is 13.9. The predicted octanol–water partition coefficient (Wildman–Crippen LogP) is 3.47. The lowest BCUT2D eigenvalue weighted by atomic mass is 9.94. The van der Waals surface area contributed by atoms with E-state index in [4.69, 9.17) is 0 Å². The zero-order chi connectivity index (χ0) is 11.9. The van der Waals surface area contributed by atoms with E-state index < -0.39 is 40.1 Å². The van der Waals surface area contributed by atoms with Crippen LogP contribution < -0.4 is 0 Å². The molecule has 3 aliphatic rings. The Bertz CT molecular complexity index is 499. The fourth-order valence-corrected chi connectivity index (χ4v) is 2.58. The van der Waals surface area contributed by atoms with Crippen molar-refractivity contribution in [3.63, 3.8) is 0 Å². The highest BCUT2D eigenvalue weighted by Gasteiger charge is 2.86. The fraction of sp³-hybridized carbons (Fsp3) is 0.400. The van der Waals surface area contributed by atoms with Gasteiger partial charge in [0.25, 0.3) is 11.3 Å². The minimum atomic E-state index is -4.75. The monoisotopic (exact) mass is 238 g/mol. The number of rotatable bonds is 0. The first-order valence-corrected chi connectivity index (χ1v) is 4.52. The lowest BCUT2D eigenvalue weighted by molar-refractivity contribution is -0.147. The van der Waals surface area contributed by atoms with Gasteiger partial charge in [0.15, 0.2) is 11.7 Å². The van der Waals surface area contributed by atoms with Crippen molar-refractivity contribution in [2.45, 2.75) is 23.7 Å². The smallest absolute Gasteiger partial charge is 0.224 e. The van der Waals surface area contributed by atoms with E-state index in [2.05, 4.69) is 0 Å². The summed E-state index contributed by atoms with van der Waals surface area (Å²) >= 11 is 0. The van der Waals surface area contributed by atoms with Crippen LogP contribution in [-0.2, 0) is 0 Å². The molecular weight excluding hydrogens is 234 g/mol. The number of halogens is 6. The zero-order valence-electron chi connectivity index (χ0n) is 7.63. The predicted molar refractivity (Wildman–Crippen MR) is 42.6 cm³/mol. The molecule has 0 aromatic rings. The minimum absolute atomic E-state index is 0.326. The summed E-state index contributed by atoms with van der Waals surface area (Å²) in [5, 5.41) is 0. The van der Waals surface area contributed by atoms with Gasteiger partial charge in [0, 0.05) is 5.57 Å². The molecule has 0 aromatic heterocycles. The number of allylic oxidation sites excluding steroid dienone is 6. The number of fused-ring (bicyclic) bond motifs is 4. The van der Waals surface area contributed by atoms with Crippen LogP contribution in [0.4, 0.5) is 26.3 Å². The summed E-state index contributed by atoms with van der Waals surface area (Å²) in [5.41, 5.74) is -9.42. The van der Waals surface area contributed by atoms with Gasteiger partial charge in [-0.1, -0.05) is 12.2 Å². The van der Waals surface area contributed by atoms with Crippen LogP contribution in [0.1, 0.15) is 6.42 Å². The largest absolute Gasteiger partial charge is 0.335 e. The standard InChI is InChI=1S/C10H4F6/c11-6-7(12)9(14)5-3-1-2-4(5)8(6,13)10(9,15)16/h1-2H,3H2. The summed E-state index contributed by atoms with van der Waals surface area (Å²) in [5.74, 6) is -9.42. The molecular formula is C10H4F6. The van der Waals surface area contributed by atoms with Gasteiger partial charge in [-0.15, -0.1) is 0 Å². The van der Waals surface area contributed by atoms with Crippen molar-refractivity contribution in [1.82, 2.24) is 0 Å². The van der Waals surface area contributed by atoms with Gasteiger partial charge in [-0.3, -0.25) is 0 Å². The summed E-state index contributed by atoms with van der Waals surface area (Å²) in [6, 6.07) is 0. The Morgan fingerprint density at radius 3 is 2.12 bits per heavy atom. The first kappa shape index (κ1) is 9.99.